The number of methoxy groups -OCH3 is 1. The second-order valence-corrected chi connectivity index (χ2v) is 5.04. The Balaban J connectivity index is 2.07. The van der Waals surface area contributed by atoms with Crippen LogP contribution in [-0.4, -0.2) is 50.1 Å². The number of rotatable bonds is 4. The van der Waals surface area contributed by atoms with Crippen LogP contribution in [0.15, 0.2) is 18.2 Å². The maximum Gasteiger partial charge on any atom is 0.180 e. The second-order valence-electron chi connectivity index (χ2n) is 5.04. The van der Waals surface area contributed by atoms with Gasteiger partial charge in [0.2, 0.25) is 0 Å². The van der Waals surface area contributed by atoms with Crippen molar-refractivity contribution in [2.45, 2.75) is 20.0 Å². The van der Waals surface area contributed by atoms with E-state index < -0.39 is 0 Å². The lowest BCUT2D eigenvalue weighted by molar-refractivity contribution is -0.0158. The highest BCUT2D eigenvalue weighted by Crippen LogP contribution is 2.21. The molecule has 2 rings (SSSR count). The summed E-state index contributed by atoms with van der Waals surface area (Å²) in [7, 11) is 1.60. The summed E-state index contributed by atoms with van der Waals surface area (Å²) < 4.78 is 10.8. The standard InChI is InChI=1S/C15H21NO3/c1-11-4-5-13(15(8-11)18-3)14(17)10-16-6-7-19-12(2)9-16/h4-5,8,12H,6-7,9-10H2,1-3H3. The van der Waals surface area contributed by atoms with E-state index in [0.29, 0.717) is 24.5 Å². The molecular weight excluding hydrogens is 242 g/mol. The maximum atomic E-state index is 12.3. The third-order valence-corrected chi connectivity index (χ3v) is 3.35. The fraction of sp³-hybridized carbons (Fsp3) is 0.533. The van der Waals surface area contributed by atoms with Crippen molar-refractivity contribution in [1.82, 2.24) is 4.90 Å². The van der Waals surface area contributed by atoms with Crippen molar-refractivity contribution in [2.75, 3.05) is 33.4 Å². The number of morpholine rings is 1. The highest BCUT2D eigenvalue weighted by Gasteiger charge is 2.21. The van der Waals surface area contributed by atoms with E-state index in [1.807, 2.05) is 32.0 Å². The van der Waals surface area contributed by atoms with E-state index in [-0.39, 0.29) is 11.9 Å². The Bertz CT molecular complexity index is 459. The van der Waals surface area contributed by atoms with Gasteiger partial charge in [-0.15, -0.1) is 0 Å². The second kappa shape index (κ2) is 6.17. The topological polar surface area (TPSA) is 38.8 Å². The lowest BCUT2D eigenvalue weighted by Crippen LogP contribution is -2.43. The van der Waals surface area contributed by atoms with Gasteiger partial charge in [-0.2, -0.15) is 0 Å². The molecule has 0 saturated carbocycles. The van der Waals surface area contributed by atoms with Crippen LogP contribution in [0.4, 0.5) is 0 Å². The fourth-order valence-electron chi connectivity index (χ4n) is 2.35. The molecule has 1 heterocycles. The van der Waals surface area contributed by atoms with E-state index in [0.717, 1.165) is 18.7 Å². The Morgan fingerprint density at radius 1 is 1.53 bits per heavy atom. The van der Waals surface area contributed by atoms with Gasteiger partial charge in [-0.3, -0.25) is 9.69 Å². The van der Waals surface area contributed by atoms with Crippen LogP contribution in [0.2, 0.25) is 0 Å². The molecule has 0 N–H and O–H groups in total. The molecule has 1 aliphatic rings. The van der Waals surface area contributed by atoms with Crippen LogP contribution in [0.3, 0.4) is 0 Å². The van der Waals surface area contributed by atoms with Gasteiger partial charge >= 0.3 is 0 Å². The number of aryl methyl sites for hydroxylation is 1. The molecule has 1 aromatic rings. The first kappa shape index (κ1) is 14.0. The number of carbonyl (C=O) groups is 1. The molecular formula is C15H21NO3. The van der Waals surface area contributed by atoms with Crippen molar-refractivity contribution in [3.05, 3.63) is 29.3 Å². The molecule has 0 spiro atoms. The Morgan fingerprint density at radius 3 is 3.00 bits per heavy atom. The Kier molecular flexibility index (Phi) is 4.56. The van der Waals surface area contributed by atoms with Gasteiger partial charge in [0, 0.05) is 13.1 Å². The fourth-order valence-corrected chi connectivity index (χ4v) is 2.35. The van der Waals surface area contributed by atoms with E-state index in [1.165, 1.54) is 0 Å². The number of hydrogen-bond acceptors (Lipinski definition) is 4. The third kappa shape index (κ3) is 3.55. The summed E-state index contributed by atoms with van der Waals surface area (Å²) in [5.74, 6) is 0.761. The van der Waals surface area contributed by atoms with Gasteiger partial charge in [0.05, 0.1) is 31.9 Å². The summed E-state index contributed by atoms with van der Waals surface area (Å²) in [5.41, 5.74) is 1.75. The van der Waals surface area contributed by atoms with E-state index in [9.17, 15) is 4.79 Å². The van der Waals surface area contributed by atoms with Gasteiger partial charge in [0.15, 0.2) is 5.78 Å². The van der Waals surface area contributed by atoms with Gasteiger partial charge < -0.3 is 9.47 Å². The van der Waals surface area contributed by atoms with Gasteiger partial charge in [-0.1, -0.05) is 6.07 Å². The predicted octanol–water partition coefficient (Wildman–Crippen LogP) is 1.91. The van der Waals surface area contributed by atoms with Crippen LogP contribution in [0.1, 0.15) is 22.8 Å². The first-order chi connectivity index (χ1) is 9.10. The maximum absolute atomic E-state index is 12.3. The Morgan fingerprint density at radius 2 is 2.32 bits per heavy atom. The molecule has 0 aliphatic carbocycles. The molecule has 4 nitrogen and oxygen atoms in total. The normalized spacial score (nSPS) is 20.3. The SMILES string of the molecule is COc1cc(C)ccc1C(=O)CN1CCOC(C)C1. The number of ketones is 1. The molecule has 1 aliphatic heterocycles. The van der Waals surface area contributed by atoms with Crippen LogP contribution >= 0.6 is 0 Å². The summed E-state index contributed by atoms with van der Waals surface area (Å²) in [4.78, 5) is 14.5. The monoisotopic (exact) mass is 263 g/mol. The summed E-state index contributed by atoms with van der Waals surface area (Å²) >= 11 is 0. The van der Waals surface area contributed by atoms with Gasteiger partial charge in [-0.05, 0) is 31.5 Å². The average molecular weight is 263 g/mol. The number of nitrogens with zero attached hydrogens (tertiary/aromatic N) is 1. The molecule has 1 fully saturated rings. The molecule has 0 bridgehead atoms. The molecule has 1 atom stereocenters. The number of benzene rings is 1. The average Bonchev–Trinajstić information content (AvgIpc) is 2.38. The van der Waals surface area contributed by atoms with Crippen LogP contribution in [0.5, 0.6) is 5.75 Å². The van der Waals surface area contributed by atoms with Crippen LogP contribution in [0, 0.1) is 6.92 Å². The van der Waals surface area contributed by atoms with Crippen molar-refractivity contribution in [3.8, 4) is 5.75 Å². The van der Waals surface area contributed by atoms with Gasteiger partial charge in [0.25, 0.3) is 0 Å². The Labute approximate surface area is 114 Å². The summed E-state index contributed by atoms with van der Waals surface area (Å²) in [6.45, 7) is 6.75. The number of carbonyl (C=O) groups excluding carboxylic acids is 1. The van der Waals surface area contributed by atoms with Crippen molar-refractivity contribution in [1.29, 1.82) is 0 Å². The summed E-state index contributed by atoms with van der Waals surface area (Å²) in [6.07, 6.45) is 0.196. The quantitative estimate of drug-likeness (QED) is 0.778. The molecule has 1 unspecified atom stereocenters. The van der Waals surface area contributed by atoms with Gasteiger partial charge in [0.1, 0.15) is 5.75 Å². The van der Waals surface area contributed by atoms with E-state index in [2.05, 4.69) is 4.90 Å². The molecule has 104 valence electrons. The van der Waals surface area contributed by atoms with E-state index in [4.69, 9.17) is 9.47 Å². The molecule has 19 heavy (non-hydrogen) atoms. The van der Waals surface area contributed by atoms with Crippen molar-refractivity contribution in [3.63, 3.8) is 0 Å². The molecule has 1 saturated heterocycles. The molecule has 4 heteroatoms. The zero-order valence-corrected chi connectivity index (χ0v) is 11.8. The lowest BCUT2D eigenvalue weighted by atomic mass is 10.1. The summed E-state index contributed by atoms with van der Waals surface area (Å²) in [6, 6.07) is 5.69. The smallest absolute Gasteiger partial charge is 0.180 e. The molecule has 1 aromatic carbocycles. The third-order valence-electron chi connectivity index (χ3n) is 3.35. The molecule has 0 amide bonds. The number of ether oxygens (including phenoxy) is 2. The highest BCUT2D eigenvalue weighted by molar-refractivity contribution is 6.00. The van der Waals surface area contributed by atoms with Crippen LogP contribution < -0.4 is 4.74 Å². The number of Topliss-reactive ketones (excluding diaryl/α,β-unsaturated/α-hetero) is 1. The van der Waals surface area contributed by atoms with Crippen LogP contribution in [0.25, 0.3) is 0 Å². The van der Waals surface area contributed by atoms with Crippen molar-refractivity contribution < 1.29 is 14.3 Å². The molecule has 0 aromatic heterocycles. The Hall–Kier alpha value is -1.39. The molecule has 0 radical (unpaired) electrons. The first-order valence-corrected chi connectivity index (χ1v) is 6.62. The lowest BCUT2D eigenvalue weighted by Gasteiger charge is -2.30. The highest BCUT2D eigenvalue weighted by atomic mass is 16.5. The number of hydrogen-bond donors (Lipinski definition) is 0. The minimum atomic E-state index is 0.103. The van der Waals surface area contributed by atoms with Crippen molar-refractivity contribution in [2.24, 2.45) is 0 Å². The largest absolute Gasteiger partial charge is 0.496 e. The minimum Gasteiger partial charge on any atom is -0.496 e. The predicted molar refractivity (Wildman–Crippen MR) is 73.9 cm³/mol. The van der Waals surface area contributed by atoms with Crippen LogP contribution in [-0.2, 0) is 4.74 Å². The zero-order chi connectivity index (χ0) is 13.8. The van der Waals surface area contributed by atoms with Crippen molar-refractivity contribution >= 4 is 5.78 Å². The van der Waals surface area contributed by atoms with E-state index >= 15 is 0 Å². The first-order valence-electron chi connectivity index (χ1n) is 6.62. The summed E-state index contributed by atoms with van der Waals surface area (Å²) in [5, 5.41) is 0. The minimum absolute atomic E-state index is 0.103. The zero-order valence-electron chi connectivity index (χ0n) is 11.8. The van der Waals surface area contributed by atoms with Gasteiger partial charge in [-0.25, -0.2) is 0 Å². The van der Waals surface area contributed by atoms with E-state index in [1.54, 1.807) is 7.11 Å².